The van der Waals surface area contributed by atoms with Crippen LogP contribution in [0.4, 0.5) is 0 Å². The molecule has 1 atom stereocenters. The van der Waals surface area contributed by atoms with Crippen molar-refractivity contribution in [2.24, 2.45) is 0 Å². The number of nitrogens with one attached hydrogen (secondary N) is 1. The van der Waals surface area contributed by atoms with Gasteiger partial charge in [0, 0.05) is 11.9 Å². The minimum atomic E-state index is -0.797. The summed E-state index contributed by atoms with van der Waals surface area (Å²) in [6, 6.07) is 7.79. The Balaban J connectivity index is 2.40. The molecule has 2 rings (SSSR count). The maximum atomic E-state index is 10.7. The molecule has 0 aliphatic rings. The first-order valence-corrected chi connectivity index (χ1v) is 6.04. The molecule has 0 amide bonds. The van der Waals surface area contributed by atoms with Crippen LogP contribution in [-0.4, -0.2) is 18.7 Å². The van der Waals surface area contributed by atoms with Gasteiger partial charge >= 0.3 is 0 Å². The molecule has 3 nitrogen and oxygen atoms in total. The van der Waals surface area contributed by atoms with Crippen molar-refractivity contribution in [3.8, 4) is 0 Å². The normalized spacial score (nSPS) is 15.0. The van der Waals surface area contributed by atoms with Crippen LogP contribution < -0.4 is 5.32 Å². The maximum absolute atomic E-state index is 10.7. The average molecular weight is 233 g/mol. The number of likely N-dealkylation sites (N-methyl/N-ethyl adjacent to an activating group) is 1. The summed E-state index contributed by atoms with van der Waals surface area (Å²) >= 11 is 0. The monoisotopic (exact) mass is 233 g/mol. The molecule has 1 heterocycles. The second-order valence-electron chi connectivity index (χ2n) is 4.49. The van der Waals surface area contributed by atoms with Gasteiger partial charge in [-0.1, -0.05) is 19.4 Å². The molecular weight excluding hydrogens is 214 g/mol. The van der Waals surface area contributed by atoms with E-state index in [4.69, 9.17) is 4.42 Å². The van der Waals surface area contributed by atoms with Crippen LogP contribution in [0.3, 0.4) is 0 Å². The number of hydrogen-bond acceptors (Lipinski definition) is 3. The van der Waals surface area contributed by atoms with Crippen LogP contribution in [0.15, 0.2) is 34.9 Å². The first-order chi connectivity index (χ1) is 8.19. The smallest absolute Gasteiger partial charge is 0.133 e. The fraction of sp³-hybridized carbons (Fsp3) is 0.429. The van der Waals surface area contributed by atoms with Gasteiger partial charge in [0.2, 0.25) is 0 Å². The Hall–Kier alpha value is -1.32. The van der Waals surface area contributed by atoms with Crippen molar-refractivity contribution in [3.05, 3.63) is 36.1 Å². The summed E-state index contributed by atoms with van der Waals surface area (Å²) in [5.74, 6) is 0. The third-order valence-electron chi connectivity index (χ3n) is 3.12. The highest BCUT2D eigenvalue weighted by molar-refractivity contribution is 5.78. The van der Waals surface area contributed by atoms with Crippen molar-refractivity contribution in [2.45, 2.75) is 25.4 Å². The molecule has 2 N–H and O–H groups in total. The summed E-state index contributed by atoms with van der Waals surface area (Å²) in [4.78, 5) is 0. The molecular formula is C14H19NO2. The lowest BCUT2D eigenvalue weighted by atomic mass is 9.88. The predicted molar refractivity (Wildman–Crippen MR) is 68.9 cm³/mol. The van der Waals surface area contributed by atoms with Crippen LogP contribution in [0.5, 0.6) is 0 Å². The minimum absolute atomic E-state index is 0.560. The highest BCUT2D eigenvalue weighted by Gasteiger charge is 2.27. The Morgan fingerprint density at radius 2 is 2.18 bits per heavy atom. The van der Waals surface area contributed by atoms with Crippen molar-refractivity contribution < 1.29 is 9.52 Å². The molecule has 2 aromatic rings. The van der Waals surface area contributed by atoms with E-state index in [1.54, 1.807) is 6.26 Å². The number of rotatable bonds is 5. The molecule has 0 bridgehead atoms. The average Bonchev–Trinajstić information content (AvgIpc) is 2.76. The van der Waals surface area contributed by atoms with Crippen LogP contribution >= 0.6 is 0 Å². The van der Waals surface area contributed by atoms with E-state index in [1.165, 1.54) is 0 Å². The van der Waals surface area contributed by atoms with Crippen molar-refractivity contribution in [1.29, 1.82) is 0 Å². The zero-order valence-corrected chi connectivity index (χ0v) is 10.4. The van der Waals surface area contributed by atoms with Crippen molar-refractivity contribution in [2.75, 3.05) is 13.6 Å². The van der Waals surface area contributed by atoms with Crippen molar-refractivity contribution in [3.63, 3.8) is 0 Å². The SMILES string of the molecule is CCCC(O)(CNC)c1ccc2occc2c1. The first-order valence-electron chi connectivity index (χ1n) is 6.04. The molecule has 92 valence electrons. The molecule has 0 fully saturated rings. The Labute approximate surface area is 101 Å². The highest BCUT2D eigenvalue weighted by atomic mass is 16.3. The lowest BCUT2D eigenvalue weighted by Crippen LogP contribution is -2.36. The highest BCUT2D eigenvalue weighted by Crippen LogP contribution is 2.29. The molecule has 1 aromatic heterocycles. The lowest BCUT2D eigenvalue weighted by Gasteiger charge is -2.28. The summed E-state index contributed by atoms with van der Waals surface area (Å²) in [6.07, 6.45) is 3.37. The van der Waals surface area contributed by atoms with Gasteiger partial charge in [0.1, 0.15) is 11.2 Å². The van der Waals surface area contributed by atoms with Crippen LogP contribution in [0.1, 0.15) is 25.3 Å². The van der Waals surface area contributed by atoms with Crippen molar-refractivity contribution in [1.82, 2.24) is 5.32 Å². The van der Waals surface area contributed by atoms with E-state index < -0.39 is 5.60 Å². The van der Waals surface area contributed by atoms with E-state index >= 15 is 0 Å². The fourth-order valence-corrected chi connectivity index (χ4v) is 2.30. The Kier molecular flexibility index (Phi) is 3.50. The molecule has 0 aliphatic carbocycles. The Morgan fingerprint density at radius 3 is 2.88 bits per heavy atom. The third kappa shape index (κ3) is 2.35. The Bertz CT molecular complexity index is 484. The second-order valence-corrected chi connectivity index (χ2v) is 4.49. The molecule has 1 unspecified atom stereocenters. The molecule has 0 saturated carbocycles. The minimum Gasteiger partial charge on any atom is -0.464 e. The molecule has 0 aliphatic heterocycles. The lowest BCUT2D eigenvalue weighted by molar-refractivity contribution is 0.0290. The molecule has 17 heavy (non-hydrogen) atoms. The van der Waals surface area contributed by atoms with Crippen LogP contribution in [0, 0.1) is 0 Å². The number of aliphatic hydroxyl groups is 1. The van der Waals surface area contributed by atoms with Crippen molar-refractivity contribution >= 4 is 11.0 Å². The van der Waals surface area contributed by atoms with Gasteiger partial charge in [0.05, 0.1) is 6.26 Å². The number of hydrogen-bond donors (Lipinski definition) is 2. The second kappa shape index (κ2) is 4.90. The number of furan rings is 1. The number of fused-ring (bicyclic) bond motifs is 1. The van der Waals surface area contributed by atoms with E-state index in [-0.39, 0.29) is 0 Å². The zero-order chi connectivity index (χ0) is 12.3. The number of benzene rings is 1. The van der Waals surface area contributed by atoms with Gasteiger partial charge in [-0.3, -0.25) is 0 Å². The molecule has 3 heteroatoms. The van der Waals surface area contributed by atoms with E-state index in [0.717, 1.165) is 29.4 Å². The predicted octanol–water partition coefficient (Wildman–Crippen LogP) is 2.64. The van der Waals surface area contributed by atoms with E-state index in [2.05, 4.69) is 12.2 Å². The molecule has 0 spiro atoms. The molecule has 0 radical (unpaired) electrons. The van der Waals surface area contributed by atoms with E-state index in [0.29, 0.717) is 6.54 Å². The summed E-state index contributed by atoms with van der Waals surface area (Å²) in [5.41, 5.74) is 1.01. The third-order valence-corrected chi connectivity index (χ3v) is 3.12. The quantitative estimate of drug-likeness (QED) is 0.834. The topological polar surface area (TPSA) is 45.4 Å². The van der Waals surface area contributed by atoms with Gasteiger partial charge in [0.25, 0.3) is 0 Å². The van der Waals surface area contributed by atoms with Gasteiger partial charge in [-0.15, -0.1) is 0 Å². The van der Waals surface area contributed by atoms with E-state index in [9.17, 15) is 5.11 Å². The largest absolute Gasteiger partial charge is 0.464 e. The Morgan fingerprint density at radius 1 is 1.35 bits per heavy atom. The van der Waals surface area contributed by atoms with Crippen LogP contribution in [0.25, 0.3) is 11.0 Å². The molecule has 1 aromatic carbocycles. The fourth-order valence-electron chi connectivity index (χ4n) is 2.30. The van der Waals surface area contributed by atoms with Gasteiger partial charge in [-0.2, -0.15) is 0 Å². The zero-order valence-electron chi connectivity index (χ0n) is 10.4. The van der Waals surface area contributed by atoms with Gasteiger partial charge in [0.15, 0.2) is 0 Å². The molecule has 0 saturated heterocycles. The maximum Gasteiger partial charge on any atom is 0.133 e. The first kappa shape index (κ1) is 12.1. The van der Waals surface area contributed by atoms with Gasteiger partial charge < -0.3 is 14.8 Å². The summed E-state index contributed by atoms with van der Waals surface area (Å²) < 4.78 is 5.31. The van der Waals surface area contributed by atoms with E-state index in [1.807, 2.05) is 31.3 Å². The van der Waals surface area contributed by atoms with Gasteiger partial charge in [-0.25, -0.2) is 0 Å². The summed E-state index contributed by atoms with van der Waals surface area (Å²) in [5, 5.41) is 14.8. The standard InChI is InChI=1S/C14H19NO2/c1-3-7-14(16,10-15-2)12-4-5-13-11(9-12)6-8-17-13/h4-6,8-9,15-16H,3,7,10H2,1-2H3. The summed E-state index contributed by atoms with van der Waals surface area (Å²) in [6.45, 7) is 2.64. The van der Waals surface area contributed by atoms with Gasteiger partial charge in [-0.05, 0) is 37.2 Å². The van der Waals surface area contributed by atoms with Crippen LogP contribution in [0.2, 0.25) is 0 Å². The summed E-state index contributed by atoms with van der Waals surface area (Å²) in [7, 11) is 1.86. The van der Waals surface area contributed by atoms with Crippen LogP contribution in [-0.2, 0) is 5.60 Å².